The lowest BCUT2D eigenvalue weighted by Gasteiger charge is -2.29. The van der Waals surface area contributed by atoms with Crippen molar-refractivity contribution in [3.05, 3.63) is 29.6 Å². The molecule has 21 heavy (non-hydrogen) atoms. The minimum absolute atomic E-state index is 0.170. The molecule has 0 radical (unpaired) electrons. The predicted molar refractivity (Wildman–Crippen MR) is 77.3 cm³/mol. The number of quaternary nitrogens is 1. The van der Waals surface area contributed by atoms with E-state index < -0.39 is 0 Å². The van der Waals surface area contributed by atoms with Crippen LogP contribution in [0, 0.1) is 12.7 Å². The topological polar surface area (TPSA) is 76.6 Å². The molecule has 5 nitrogen and oxygen atoms in total. The molecule has 4 N–H and O–H groups in total. The van der Waals surface area contributed by atoms with Gasteiger partial charge in [-0.05, 0) is 37.5 Å². The van der Waals surface area contributed by atoms with Gasteiger partial charge < -0.3 is 16.0 Å². The third-order valence-electron chi connectivity index (χ3n) is 3.92. The molecule has 1 aliphatic rings. The van der Waals surface area contributed by atoms with Gasteiger partial charge in [0.25, 0.3) is 11.8 Å². The second-order valence-corrected chi connectivity index (χ2v) is 5.55. The number of aryl methyl sites for hydroxylation is 1. The maximum absolute atomic E-state index is 13.4. The normalized spacial score (nSPS) is 21.8. The molecular weight excluding hydrogens is 273 g/mol. The first kappa shape index (κ1) is 15.4. The van der Waals surface area contributed by atoms with Gasteiger partial charge in [0.15, 0.2) is 12.6 Å². The van der Waals surface area contributed by atoms with Gasteiger partial charge in [0.2, 0.25) is 0 Å². The predicted octanol–water partition coefficient (Wildman–Crippen LogP) is -0.00468. The molecule has 1 heterocycles. The van der Waals surface area contributed by atoms with Gasteiger partial charge in [0.05, 0.1) is 6.54 Å². The second-order valence-electron chi connectivity index (χ2n) is 5.55. The molecule has 0 spiro atoms. The lowest BCUT2D eigenvalue weighted by Crippen LogP contribution is -3.18. The number of halogens is 1. The number of anilines is 1. The Morgan fingerprint density at radius 3 is 2.86 bits per heavy atom. The van der Waals surface area contributed by atoms with E-state index in [9.17, 15) is 14.0 Å². The summed E-state index contributed by atoms with van der Waals surface area (Å²) in [5.41, 5.74) is 6.34. The Kier molecular flexibility index (Phi) is 4.90. The van der Waals surface area contributed by atoms with Crippen molar-refractivity contribution < 1.29 is 18.9 Å². The van der Waals surface area contributed by atoms with Crippen molar-refractivity contribution in [3.8, 4) is 0 Å². The summed E-state index contributed by atoms with van der Waals surface area (Å²) in [5.74, 6) is -0.951. The zero-order valence-corrected chi connectivity index (χ0v) is 12.1. The van der Waals surface area contributed by atoms with Crippen molar-refractivity contribution >= 4 is 17.5 Å². The molecule has 2 rings (SSSR count). The van der Waals surface area contributed by atoms with E-state index in [0.717, 1.165) is 30.7 Å². The Labute approximate surface area is 123 Å². The van der Waals surface area contributed by atoms with E-state index in [1.165, 1.54) is 6.07 Å². The van der Waals surface area contributed by atoms with E-state index in [1.54, 1.807) is 19.1 Å². The summed E-state index contributed by atoms with van der Waals surface area (Å²) in [7, 11) is 0. The van der Waals surface area contributed by atoms with Crippen molar-refractivity contribution in [2.75, 3.05) is 18.4 Å². The molecule has 114 valence electrons. The van der Waals surface area contributed by atoms with Gasteiger partial charge in [0.1, 0.15) is 5.82 Å². The van der Waals surface area contributed by atoms with Crippen LogP contribution in [-0.4, -0.2) is 30.9 Å². The number of nitrogens with two attached hydrogens (primary N) is 1. The van der Waals surface area contributed by atoms with E-state index in [4.69, 9.17) is 5.73 Å². The number of primary amides is 1. The number of carbonyl (C=O) groups is 2. The van der Waals surface area contributed by atoms with Crippen LogP contribution in [0.2, 0.25) is 0 Å². The molecule has 2 atom stereocenters. The van der Waals surface area contributed by atoms with Crippen LogP contribution in [0.3, 0.4) is 0 Å². The molecule has 1 saturated heterocycles. The first-order chi connectivity index (χ1) is 9.97. The SMILES string of the molecule is Cc1ccc(NC(=O)C[NH+]2CCCC[C@H]2C(N)=O)cc1F. The summed E-state index contributed by atoms with van der Waals surface area (Å²) in [6, 6.07) is 4.27. The van der Waals surface area contributed by atoms with Gasteiger partial charge in [-0.15, -0.1) is 0 Å². The maximum Gasteiger partial charge on any atom is 0.279 e. The monoisotopic (exact) mass is 294 g/mol. The fourth-order valence-corrected chi connectivity index (χ4v) is 2.72. The van der Waals surface area contributed by atoms with E-state index in [-0.39, 0.29) is 30.2 Å². The first-order valence-corrected chi connectivity index (χ1v) is 7.17. The number of rotatable bonds is 4. The summed E-state index contributed by atoms with van der Waals surface area (Å²) in [4.78, 5) is 24.3. The smallest absolute Gasteiger partial charge is 0.279 e. The molecular formula is C15H21FN3O2+. The molecule has 1 aromatic carbocycles. The fourth-order valence-electron chi connectivity index (χ4n) is 2.72. The van der Waals surface area contributed by atoms with Crippen LogP contribution in [0.15, 0.2) is 18.2 Å². The average molecular weight is 294 g/mol. The molecule has 0 aromatic heterocycles. The van der Waals surface area contributed by atoms with Crippen LogP contribution in [0.5, 0.6) is 0 Å². The number of nitrogens with one attached hydrogen (secondary N) is 2. The number of hydrogen-bond donors (Lipinski definition) is 3. The Morgan fingerprint density at radius 2 is 2.19 bits per heavy atom. The number of hydrogen-bond acceptors (Lipinski definition) is 2. The Bertz CT molecular complexity index is 548. The molecule has 0 bridgehead atoms. The van der Waals surface area contributed by atoms with Gasteiger partial charge in [0, 0.05) is 12.1 Å². The number of carbonyl (C=O) groups excluding carboxylic acids is 2. The van der Waals surface area contributed by atoms with E-state index in [1.807, 2.05) is 0 Å². The Hall–Kier alpha value is -1.95. The van der Waals surface area contributed by atoms with Crippen molar-refractivity contribution in [3.63, 3.8) is 0 Å². The second kappa shape index (κ2) is 6.67. The highest BCUT2D eigenvalue weighted by atomic mass is 19.1. The highest BCUT2D eigenvalue weighted by Gasteiger charge is 2.32. The zero-order chi connectivity index (χ0) is 15.4. The van der Waals surface area contributed by atoms with E-state index in [2.05, 4.69) is 5.32 Å². The molecule has 2 amide bonds. The highest BCUT2D eigenvalue weighted by Crippen LogP contribution is 2.13. The lowest BCUT2D eigenvalue weighted by atomic mass is 10.0. The number of likely N-dealkylation sites (tertiary alicyclic amines) is 1. The third-order valence-corrected chi connectivity index (χ3v) is 3.92. The van der Waals surface area contributed by atoms with Crippen molar-refractivity contribution in [2.24, 2.45) is 5.73 Å². The van der Waals surface area contributed by atoms with Crippen molar-refractivity contribution in [1.82, 2.24) is 0 Å². The fraction of sp³-hybridized carbons (Fsp3) is 0.467. The van der Waals surface area contributed by atoms with Gasteiger partial charge in [-0.1, -0.05) is 6.07 Å². The summed E-state index contributed by atoms with van der Waals surface area (Å²) in [5, 5.41) is 2.66. The quantitative estimate of drug-likeness (QED) is 0.731. The van der Waals surface area contributed by atoms with Crippen molar-refractivity contribution in [2.45, 2.75) is 32.2 Å². The lowest BCUT2D eigenvalue weighted by molar-refractivity contribution is -0.913. The molecule has 1 aromatic rings. The average Bonchev–Trinajstić information content (AvgIpc) is 2.43. The standard InChI is InChI=1S/C15H20FN3O2/c1-10-5-6-11(8-12(10)16)18-14(20)9-19-7-3-2-4-13(19)15(17)21/h5-6,8,13H,2-4,7,9H2,1H3,(H2,17,21)(H,18,20)/p+1/t13-/m0/s1. The molecule has 6 heteroatoms. The third kappa shape index (κ3) is 4.01. The largest absolute Gasteiger partial charge is 0.365 e. The van der Waals surface area contributed by atoms with Crippen LogP contribution in [0.1, 0.15) is 24.8 Å². The number of benzene rings is 1. The van der Waals surface area contributed by atoms with Gasteiger partial charge in [-0.25, -0.2) is 4.39 Å². The van der Waals surface area contributed by atoms with Gasteiger partial charge >= 0.3 is 0 Å². The highest BCUT2D eigenvalue weighted by molar-refractivity contribution is 5.91. The number of amides is 2. The van der Waals surface area contributed by atoms with Gasteiger partial charge in [-0.3, -0.25) is 9.59 Å². The van der Waals surface area contributed by atoms with E-state index >= 15 is 0 Å². The number of piperidine rings is 1. The van der Waals surface area contributed by atoms with Crippen LogP contribution in [0.4, 0.5) is 10.1 Å². The first-order valence-electron chi connectivity index (χ1n) is 7.17. The molecule has 1 unspecified atom stereocenters. The molecule has 1 aliphatic heterocycles. The maximum atomic E-state index is 13.4. The Morgan fingerprint density at radius 1 is 1.43 bits per heavy atom. The van der Waals surface area contributed by atoms with Crippen LogP contribution in [0.25, 0.3) is 0 Å². The molecule has 0 aliphatic carbocycles. The molecule has 0 saturated carbocycles. The summed E-state index contributed by atoms with van der Waals surface area (Å²) < 4.78 is 13.4. The minimum atomic E-state index is -0.362. The summed E-state index contributed by atoms with van der Waals surface area (Å²) in [6.07, 6.45) is 2.66. The molecule has 1 fully saturated rings. The van der Waals surface area contributed by atoms with Crippen LogP contribution in [-0.2, 0) is 9.59 Å². The van der Waals surface area contributed by atoms with E-state index in [0.29, 0.717) is 11.3 Å². The van der Waals surface area contributed by atoms with Gasteiger partial charge in [-0.2, -0.15) is 0 Å². The summed E-state index contributed by atoms with van der Waals surface area (Å²) >= 11 is 0. The minimum Gasteiger partial charge on any atom is -0.365 e. The van der Waals surface area contributed by atoms with Crippen molar-refractivity contribution in [1.29, 1.82) is 0 Å². The van der Waals surface area contributed by atoms with Crippen LogP contribution >= 0.6 is 0 Å². The summed E-state index contributed by atoms with van der Waals surface area (Å²) in [6.45, 7) is 2.59. The van der Waals surface area contributed by atoms with Crippen LogP contribution < -0.4 is 16.0 Å². The zero-order valence-electron chi connectivity index (χ0n) is 12.1. The Balaban J connectivity index is 1.97.